The van der Waals surface area contributed by atoms with Crippen LogP contribution in [0.1, 0.15) is 36.2 Å². The van der Waals surface area contributed by atoms with E-state index in [1.807, 2.05) is 32.0 Å². The molecule has 2 aromatic carbocycles. The van der Waals surface area contributed by atoms with E-state index < -0.39 is 0 Å². The summed E-state index contributed by atoms with van der Waals surface area (Å²) in [5, 5.41) is 7.92. The van der Waals surface area contributed by atoms with Gasteiger partial charge in [-0.25, -0.2) is 0 Å². The molecule has 6 nitrogen and oxygen atoms in total. The minimum absolute atomic E-state index is 0.00510. The van der Waals surface area contributed by atoms with Crippen molar-refractivity contribution in [3.63, 3.8) is 0 Å². The fourth-order valence-electron chi connectivity index (χ4n) is 3.35. The monoisotopic (exact) mass is 490 g/mol. The summed E-state index contributed by atoms with van der Waals surface area (Å²) in [4.78, 5) is 27.1. The lowest BCUT2D eigenvalue weighted by atomic mass is 9.90. The van der Waals surface area contributed by atoms with Crippen molar-refractivity contribution in [2.24, 2.45) is 11.0 Å². The molecule has 30 heavy (non-hydrogen) atoms. The van der Waals surface area contributed by atoms with Crippen LogP contribution in [0.15, 0.2) is 52.0 Å². The second kappa shape index (κ2) is 10.1. The largest absolute Gasteiger partial charge is 0.352 e. The fourth-order valence-corrected chi connectivity index (χ4v) is 3.83. The maximum atomic E-state index is 13.0. The summed E-state index contributed by atoms with van der Waals surface area (Å²) in [5.41, 5.74) is 6.04. The molecule has 158 valence electrons. The Kier molecular flexibility index (Phi) is 7.50. The molecular formula is C22H24BrClN4O2. The van der Waals surface area contributed by atoms with Crippen LogP contribution in [0.5, 0.6) is 0 Å². The van der Waals surface area contributed by atoms with E-state index in [0.29, 0.717) is 36.6 Å². The Hall–Kier alpha value is -2.38. The Morgan fingerprint density at radius 3 is 2.67 bits per heavy atom. The van der Waals surface area contributed by atoms with Crippen molar-refractivity contribution in [3.8, 4) is 0 Å². The minimum Gasteiger partial charge on any atom is -0.352 e. The van der Waals surface area contributed by atoms with Crippen LogP contribution in [-0.2, 0) is 4.79 Å². The molecule has 0 aromatic heterocycles. The summed E-state index contributed by atoms with van der Waals surface area (Å²) in [6.45, 7) is 5.49. The predicted molar refractivity (Wildman–Crippen MR) is 124 cm³/mol. The van der Waals surface area contributed by atoms with Gasteiger partial charge in [0.15, 0.2) is 0 Å². The van der Waals surface area contributed by atoms with Crippen LogP contribution in [0, 0.1) is 5.92 Å². The molecule has 1 heterocycles. The number of carbonyl (C=O) groups is 2. The van der Waals surface area contributed by atoms with E-state index >= 15 is 0 Å². The number of benzene rings is 2. The fraction of sp³-hybridized carbons (Fsp3) is 0.318. The summed E-state index contributed by atoms with van der Waals surface area (Å²) in [6, 6.07) is 12.6. The van der Waals surface area contributed by atoms with Crippen LogP contribution in [-0.4, -0.2) is 37.2 Å². The molecule has 3 rings (SSSR count). The normalized spacial score (nSPS) is 17.1. The molecule has 0 saturated heterocycles. The molecule has 1 aliphatic heterocycles. The second-order valence-corrected chi connectivity index (χ2v) is 8.35. The molecule has 2 amide bonds. The summed E-state index contributed by atoms with van der Waals surface area (Å²) in [5.74, 6) is -0.505. The van der Waals surface area contributed by atoms with Crippen LogP contribution in [0.3, 0.4) is 0 Å². The molecule has 1 unspecified atom stereocenters. The van der Waals surface area contributed by atoms with Gasteiger partial charge >= 0.3 is 0 Å². The molecule has 0 aliphatic carbocycles. The van der Waals surface area contributed by atoms with Gasteiger partial charge in [0.2, 0.25) is 5.91 Å². The van der Waals surface area contributed by atoms with Crippen molar-refractivity contribution in [1.29, 1.82) is 0 Å². The third-order valence-corrected chi connectivity index (χ3v) is 5.63. The lowest BCUT2D eigenvalue weighted by Gasteiger charge is -2.34. The zero-order valence-corrected chi connectivity index (χ0v) is 19.3. The molecule has 1 aliphatic rings. The van der Waals surface area contributed by atoms with Crippen LogP contribution in [0.25, 0.3) is 0 Å². The number of amides is 2. The number of nitrogens with zero attached hydrogens (tertiary/aromatic N) is 2. The van der Waals surface area contributed by atoms with E-state index in [1.54, 1.807) is 29.2 Å². The highest BCUT2D eigenvalue weighted by atomic mass is 79.9. The number of fused-ring (bicyclic) bond motifs is 1. The SMILES string of the molecule is CCN/N=C1/c2cc(Br)ccc2N(CCCNC(=O)c2ccc(Cl)cc2)C(=O)C1C. The molecule has 2 N–H and O–H groups in total. The standard InChI is InChI=1S/C22H24BrClN4O2/c1-3-26-27-20-14(2)22(30)28(19-10-7-16(23)13-18(19)20)12-4-11-25-21(29)15-5-8-17(24)9-6-15/h5-10,13-14,26H,3-4,11-12H2,1-2H3,(H,25,29)/b27-20+. The number of hydrogen-bond donors (Lipinski definition) is 2. The van der Waals surface area contributed by atoms with E-state index in [1.165, 1.54) is 0 Å². The first kappa shape index (κ1) is 22.3. The summed E-state index contributed by atoms with van der Waals surface area (Å²) >= 11 is 9.37. The first-order chi connectivity index (χ1) is 14.4. The van der Waals surface area contributed by atoms with Crippen LogP contribution < -0.4 is 15.6 Å². The van der Waals surface area contributed by atoms with Crippen molar-refractivity contribution in [3.05, 3.63) is 63.1 Å². The van der Waals surface area contributed by atoms with E-state index in [2.05, 4.69) is 31.8 Å². The molecule has 1 atom stereocenters. The molecule has 0 saturated carbocycles. The summed E-state index contributed by atoms with van der Waals surface area (Å²) in [6.07, 6.45) is 0.632. The van der Waals surface area contributed by atoms with Gasteiger partial charge in [-0.2, -0.15) is 5.10 Å². The number of hydrazone groups is 1. The Morgan fingerprint density at radius 1 is 1.23 bits per heavy atom. The molecule has 0 fully saturated rings. The van der Waals surface area contributed by atoms with Gasteiger partial charge in [-0.15, -0.1) is 0 Å². The van der Waals surface area contributed by atoms with E-state index in [9.17, 15) is 9.59 Å². The highest BCUT2D eigenvalue weighted by molar-refractivity contribution is 9.10. The Morgan fingerprint density at radius 2 is 1.97 bits per heavy atom. The van der Waals surface area contributed by atoms with Gasteiger partial charge in [-0.05, 0) is 62.7 Å². The number of hydrogen-bond acceptors (Lipinski definition) is 4. The highest BCUT2D eigenvalue weighted by Gasteiger charge is 2.35. The molecule has 8 heteroatoms. The van der Waals surface area contributed by atoms with Crippen LogP contribution >= 0.6 is 27.5 Å². The minimum atomic E-state index is -0.352. The summed E-state index contributed by atoms with van der Waals surface area (Å²) in [7, 11) is 0. The number of carbonyl (C=O) groups excluding carboxylic acids is 2. The van der Waals surface area contributed by atoms with Crippen molar-refractivity contribution >= 4 is 50.7 Å². The first-order valence-electron chi connectivity index (χ1n) is 9.88. The Labute approximate surface area is 189 Å². The predicted octanol–water partition coefficient (Wildman–Crippen LogP) is 4.22. The average Bonchev–Trinajstić information content (AvgIpc) is 2.73. The highest BCUT2D eigenvalue weighted by Crippen LogP contribution is 2.33. The van der Waals surface area contributed by atoms with Crippen molar-refractivity contribution in [1.82, 2.24) is 10.7 Å². The molecular weight excluding hydrogens is 468 g/mol. The molecule has 2 aromatic rings. The van der Waals surface area contributed by atoms with Crippen molar-refractivity contribution in [2.75, 3.05) is 24.5 Å². The van der Waals surface area contributed by atoms with E-state index in [0.717, 1.165) is 21.4 Å². The number of nitrogens with one attached hydrogen (secondary N) is 2. The Bertz CT molecular complexity index is 962. The smallest absolute Gasteiger partial charge is 0.251 e. The number of anilines is 1. The third kappa shape index (κ3) is 5.02. The zero-order valence-electron chi connectivity index (χ0n) is 16.9. The van der Waals surface area contributed by atoms with Crippen LogP contribution in [0.2, 0.25) is 5.02 Å². The van der Waals surface area contributed by atoms with Gasteiger partial charge in [0.05, 0.1) is 17.3 Å². The third-order valence-electron chi connectivity index (χ3n) is 4.88. The molecule has 0 spiro atoms. The van der Waals surface area contributed by atoms with Gasteiger partial charge in [-0.1, -0.05) is 27.5 Å². The molecule has 0 radical (unpaired) electrons. The van der Waals surface area contributed by atoms with Crippen LogP contribution in [0.4, 0.5) is 5.69 Å². The first-order valence-corrected chi connectivity index (χ1v) is 11.0. The van der Waals surface area contributed by atoms with Gasteiger partial charge in [-0.3, -0.25) is 9.59 Å². The second-order valence-electron chi connectivity index (χ2n) is 7.00. The van der Waals surface area contributed by atoms with E-state index in [-0.39, 0.29) is 17.7 Å². The van der Waals surface area contributed by atoms with Crippen molar-refractivity contribution in [2.45, 2.75) is 20.3 Å². The average molecular weight is 492 g/mol. The Balaban J connectivity index is 1.69. The van der Waals surface area contributed by atoms with Gasteiger partial charge < -0.3 is 15.6 Å². The maximum absolute atomic E-state index is 13.0. The lowest BCUT2D eigenvalue weighted by Crippen LogP contribution is -2.45. The number of halogens is 2. The van der Waals surface area contributed by atoms with Crippen molar-refractivity contribution < 1.29 is 9.59 Å². The summed E-state index contributed by atoms with van der Waals surface area (Å²) < 4.78 is 0.933. The quantitative estimate of drug-likeness (QED) is 0.450. The van der Waals surface area contributed by atoms with Gasteiger partial charge in [0, 0.05) is 40.3 Å². The topological polar surface area (TPSA) is 73.8 Å². The molecule has 0 bridgehead atoms. The zero-order chi connectivity index (χ0) is 21.7. The van der Waals surface area contributed by atoms with Gasteiger partial charge in [0.25, 0.3) is 5.91 Å². The van der Waals surface area contributed by atoms with E-state index in [4.69, 9.17) is 11.6 Å². The van der Waals surface area contributed by atoms with Gasteiger partial charge in [0.1, 0.15) is 0 Å². The maximum Gasteiger partial charge on any atom is 0.251 e. The number of rotatable bonds is 7. The lowest BCUT2D eigenvalue weighted by molar-refractivity contribution is -0.120.